The number of benzene rings is 1. The second-order valence-corrected chi connectivity index (χ2v) is 6.87. The summed E-state index contributed by atoms with van der Waals surface area (Å²) in [7, 11) is 0. The normalized spacial score (nSPS) is 14.0. The van der Waals surface area contributed by atoms with Crippen LogP contribution in [0, 0.1) is 0 Å². The summed E-state index contributed by atoms with van der Waals surface area (Å²) in [4.78, 5) is 24.0. The van der Waals surface area contributed by atoms with Crippen LogP contribution in [0.4, 0.5) is 11.5 Å². The van der Waals surface area contributed by atoms with Gasteiger partial charge in [-0.2, -0.15) is 0 Å². The van der Waals surface area contributed by atoms with E-state index in [0.717, 1.165) is 30.9 Å². The van der Waals surface area contributed by atoms with Crippen molar-refractivity contribution < 1.29 is 13.9 Å². The number of aromatic nitrogens is 2. The van der Waals surface area contributed by atoms with Gasteiger partial charge in [0.05, 0.1) is 25.1 Å². The van der Waals surface area contributed by atoms with Crippen LogP contribution in [-0.4, -0.2) is 42.2 Å². The third-order valence-corrected chi connectivity index (χ3v) is 4.75. The highest BCUT2D eigenvalue weighted by Gasteiger charge is 2.21. The molecular weight excluding hydrogens is 368 g/mol. The smallest absolute Gasteiger partial charge is 0.277 e. The Labute approximate surface area is 169 Å². The highest BCUT2D eigenvalue weighted by molar-refractivity contribution is 6.03. The van der Waals surface area contributed by atoms with E-state index in [-0.39, 0.29) is 5.91 Å². The average Bonchev–Trinajstić information content (AvgIpc) is 3.20. The van der Waals surface area contributed by atoms with Gasteiger partial charge < -0.3 is 19.4 Å². The van der Waals surface area contributed by atoms with Gasteiger partial charge in [0.1, 0.15) is 11.6 Å². The number of hydrogen-bond acceptors (Lipinski definition) is 6. The molecule has 0 aliphatic carbocycles. The number of carbonyl (C=O) groups is 1. The maximum Gasteiger partial charge on any atom is 0.277 e. The summed E-state index contributed by atoms with van der Waals surface area (Å²) in [6.45, 7) is 5.09. The van der Waals surface area contributed by atoms with Crippen LogP contribution in [0.5, 0.6) is 0 Å². The molecule has 7 nitrogen and oxygen atoms in total. The SMILES string of the molecule is CCCc1oc(-c2ccccc2)nc1C(=O)Nc1ccc(N2CCOCC2)nc1. The highest BCUT2D eigenvalue weighted by atomic mass is 16.5. The van der Waals surface area contributed by atoms with Crippen molar-refractivity contribution in [3.63, 3.8) is 0 Å². The zero-order valence-electron chi connectivity index (χ0n) is 16.4. The molecule has 0 saturated carbocycles. The molecule has 0 bridgehead atoms. The first-order valence-corrected chi connectivity index (χ1v) is 9.90. The van der Waals surface area contributed by atoms with Crippen LogP contribution in [0.2, 0.25) is 0 Å². The molecule has 3 heterocycles. The monoisotopic (exact) mass is 392 g/mol. The number of morpholine rings is 1. The molecule has 1 aliphatic heterocycles. The minimum atomic E-state index is -0.291. The van der Waals surface area contributed by atoms with Crippen LogP contribution in [-0.2, 0) is 11.2 Å². The molecule has 0 radical (unpaired) electrons. The zero-order valence-corrected chi connectivity index (χ0v) is 16.4. The van der Waals surface area contributed by atoms with Gasteiger partial charge in [-0.3, -0.25) is 4.79 Å². The number of aryl methyl sites for hydroxylation is 1. The third kappa shape index (κ3) is 4.46. The first kappa shape index (κ1) is 19.1. The lowest BCUT2D eigenvalue weighted by molar-refractivity contribution is 0.102. The van der Waals surface area contributed by atoms with Crippen molar-refractivity contribution in [1.29, 1.82) is 0 Å². The summed E-state index contributed by atoms with van der Waals surface area (Å²) in [6, 6.07) is 13.4. The number of hydrogen-bond donors (Lipinski definition) is 1. The molecule has 0 unspecified atom stereocenters. The number of carbonyl (C=O) groups excluding carboxylic acids is 1. The molecule has 29 heavy (non-hydrogen) atoms. The lowest BCUT2D eigenvalue weighted by atomic mass is 10.2. The quantitative estimate of drug-likeness (QED) is 0.688. The molecule has 1 N–H and O–H groups in total. The van der Waals surface area contributed by atoms with E-state index in [0.29, 0.717) is 42.7 Å². The lowest BCUT2D eigenvalue weighted by Crippen LogP contribution is -2.36. The molecule has 1 amide bonds. The second kappa shape index (κ2) is 8.87. The first-order chi connectivity index (χ1) is 14.2. The Balaban J connectivity index is 1.51. The van der Waals surface area contributed by atoms with Crippen LogP contribution in [0.1, 0.15) is 29.6 Å². The van der Waals surface area contributed by atoms with Crippen molar-refractivity contribution in [2.24, 2.45) is 0 Å². The Hall–Kier alpha value is -3.19. The van der Waals surface area contributed by atoms with Gasteiger partial charge in [0, 0.05) is 25.1 Å². The lowest BCUT2D eigenvalue weighted by Gasteiger charge is -2.27. The summed E-state index contributed by atoms with van der Waals surface area (Å²) in [5.74, 6) is 1.65. The van der Waals surface area contributed by atoms with E-state index in [9.17, 15) is 4.79 Å². The van der Waals surface area contributed by atoms with Crippen molar-refractivity contribution in [2.45, 2.75) is 19.8 Å². The van der Waals surface area contributed by atoms with E-state index < -0.39 is 0 Å². The third-order valence-electron chi connectivity index (χ3n) is 4.75. The Morgan fingerprint density at radius 3 is 2.62 bits per heavy atom. The number of amides is 1. The highest BCUT2D eigenvalue weighted by Crippen LogP contribution is 2.24. The number of nitrogens with one attached hydrogen (secondary N) is 1. The fourth-order valence-electron chi connectivity index (χ4n) is 3.26. The molecule has 1 aromatic carbocycles. The van der Waals surface area contributed by atoms with Gasteiger partial charge >= 0.3 is 0 Å². The fourth-order valence-corrected chi connectivity index (χ4v) is 3.26. The second-order valence-electron chi connectivity index (χ2n) is 6.87. The van der Waals surface area contributed by atoms with Crippen molar-refractivity contribution in [3.8, 4) is 11.5 Å². The van der Waals surface area contributed by atoms with Gasteiger partial charge in [-0.15, -0.1) is 0 Å². The molecule has 7 heteroatoms. The standard InChI is InChI=1S/C22H24N4O3/c1-2-6-18-20(25-22(29-18)16-7-4-3-5-8-16)21(27)24-17-9-10-19(23-15-17)26-11-13-28-14-12-26/h3-5,7-10,15H,2,6,11-14H2,1H3,(H,24,27). The van der Waals surface area contributed by atoms with Crippen molar-refractivity contribution in [1.82, 2.24) is 9.97 Å². The predicted molar refractivity (Wildman–Crippen MR) is 111 cm³/mol. The summed E-state index contributed by atoms with van der Waals surface area (Å²) in [5.41, 5.74) is 1.79. The number of oxazole rings is 1. The Kier molecular flexibility index (Phi) is 5.86. The fraction of sp³-hybridized carbons (Fsp3) is 0.318. The molecule has 0 spiro atoms. The number of anilines is 2. The molecule has 3 aromatic rings. The van der Waals surface area contributed by atoms with E-state index in [4.69, 9.17) is 9.15 Å². The Morgan fingerprint density at radius 1 is 1.14 bits per heavy atom. The molecule has 0 atom stereocenters. The van der Waals surface area contributed by atoms with Gasteiger partial charge in [-0.25, -0.2) is 9.97 Å². The topological polar surface area (TPSA) is 80.5 Å². The van der Waals surface area contributed by atoms with Crippen LogP contribution < -0.4 is 10.2 Å². The van der Waals surface area contributed by atoms with Crippen molar-refractivity contribution >= 4 is 17.4 Å². The minimum absolute atomic E-state index is 0.291. The van der Waals surface area contributed by atoms with E-state index in [2.05, 4.69) is 20.2 Å². The minimum Gasteiger partial charge on any atom is -0.440 e. The molecule has 2 aromatic heterocycles. The van der Waals surface area contributed by atoms with E-state index in [1.807, 2.05) is 49.4 Å². The maximum absolute atomic E-state index is 12.9. The molecule has 1 saturated heterocycles. The van der Waals surface area contributed by atoms with E-state index >= 15 is 0 Å². The predicted octanol–water partition coefficient (Wildman–Crippen LogP) is 3.78. The summed E-state index contributed by atoms with van der Waals surface area (Å²) < 4.78 is 11.3. The van der Waals surface area contributed by atoms with Gasteiger partial charge in [0.2, 0.25) is 5.89 Å². The van der Waals surface area contributed by atoms with Crippen LogP contribution >= 0.6 is 0 Å². The molecule has 150 valence electrons. The molecule has 1 fully saturated rings. The molecule has 1 aliphatic rings. The number of pyridine rings is 1. The van der Waals surface area contributed by atoms with Gasteiger partial charge in [0.15, 0.2) is 5.69 Å². The number of rotatable bonds is 6. The van der Waals surface area contributed by atoms with E-state index in [1.54, 1.807) is 6.20 Å². The van der Waals surface area contributed by atoms with Crippen LogP contribution in [0.25, 0.3) is 11.5 Å². The first-order valence-electron chi connectivity index (χ1n) is 9.90. The summed E-state index contributed by atoms with van der Waals surface area (Å²) >= 11 is 0. The zero-order chi connectivity index (χ0) is 20.1. The maximum atomic E-state index is 12.9. The largest absolute Gasteiger partial charge is 0.440 e. The Bertz CT molecular complexity index is 948. The summed E-state index contributed by atoms with van der Waals surface area (Å²) in [5, 5.41) is 2.88. The van der Waals surface area contributed by atoms with Crippen LogP contribution in [0.3, 0.4) is 0 Å². The van der Waals surface area contributed by atoms with Gasteiger partial charge in [-0.1, -0.05) is 25.1 Å². The molecule has 4 rings (SSSR count). The number of nitrogens with zero attached hydrogens (tertiary/aromatic N) is 3. The Morgan fingerprint density at radius 2 is 1.93 bits per heavy atom. The van der Waals surface area contributed by atoms with Crippen LogP contribution in [0.15, 0.2) is 53.1 Å². The van der Waals surface area contributed by atoms with E-state index in [1.165, 1.54) is 0 Å². The number of ether oxygens (including phenoxy) is 1. The summed E-state index contributed by atoms with van der Waals surface area (Å²) in [6.07, 6.45) is 3.18. The van der Waals surface area contributed by atoms with Crippen molar-refractivity contribution in [2.75, 3.05) is 36.5 Å². The van der Waals surface area contributed by atoms with Gasteiger partial charge in [0.25, 0.3) is 5.91 Å². The molecular formula is C22H24N4O3. The average molecular weight is 392 g/mol. The van der Waals surface area contributed by atoms with Gasteiger partial charge in [-0.05, 0) is 30.7 Å². The van der Waals surface area contributed by atoms with Crippen molar-refractivity contribution in [3.05, 3.63) is 60.1 Å².